The van der Waals surface area contributed by atoms with Gasteiger partial charge in [0.25, 0.3) is 0 Å². The molecule has 4 heteroatoms. The molecule has 2 heterocycles. The van der Waals surface area contributed by atoms with Gasteiger partial charge in [0.15, 0.2) is 6.29 Å². The Labute approximate surface area is 115 Å². The first-order valence-electron chi connectivity index (χ1n) is 5.92. The van der Waals surface area contributed by atoms with Crippen LogP contribution in [0.1, 0.15) is 15.9 Å². The Balaban J connectivity index is 2.09. The second-order valence-corrected chi connectivity index (χ2v) is 5.12. The summed E-state index contributed by atoms with van der Waals surface area (Å²) in [5.41, 5.74) is 4.48. The van der Waals surface area contributed by atoms with E-state index in [-0.39, 0.29) is 0 Å². The molecule has 0 radical (unpaired) electrons. The molecule has 0 unspecified atom stereocenters. The average Bonchev–Trinajstić information content (AvgIpc) is 3.08. The summed E-state index contributed by atoms with van der Waals surface area (Å²) in [7, 11) is 0. The summed E-state index contributed by atoms with van der Waals surface area (Å²) in [6.07, 6.45) is 2.62. The highest BCUT2D eigenvalue weighted by molar-refractivity contribution is 7.08. The zero-order valence-corrected chi connectivity index (χ0v) is 11.2. The molecule has 94 valence electrons. The molecule has 2 aromatic heterocycles. The van der Waals surface area contributed by atoms with Crippen molar-refractivity contribution in [2.75, 3.05) is 0 Å². The van der Waals surface area contributed by atoms with Crippen molar-refractivity contribution < 1.29 is 4.79 Å². The van der Waals surface area contributed by atoms with Gasteiger partial charge in [-0.1, -0.05) is 17.7 Å². The summed E-state index contributed by atoms with van der Waals surface area (Å²) < 4.78 is 1.75. The van der Waals surface area contributed by atoms with Crippen molar-refractivity contribution >= 4 is 17.6 Å². The van der Waals surface area contributed by atoms with Gasteiger partial charge in [-0.25, -0.2) is 4.68 Å². The molecule has 0 amide bonds. The van der Waals surface area contributed by atoms with Crippen LogP contribution in [-0.2, 0) is 0 Å². The number of nitrogens with zero attached hydrogens (tertiary/aromatic N) is 2. The summed E-state index contributed by atoms with van der Waals surface area (Å²) >= 11 is 1.60. The molecule has 0 saturated heterocycles. The van der Waals surface area contributed by atoms with E-state index in [4.69, 9.17) is 0 Å². The maximum atomic E-state index is 11.2. The monoisotopic (exact) mass is 268 g/mol. The van der Waals surface area contributed by atoms with Gasteiger partial charge in [-0.2, -0.15) is 16.4 Å². The quantitative estimate of drug-likeness (QED) is 0.678. The predicted octanol–water partition coefficient (Wildman–Crippen LogP) is 3.72. The van der Waals surface area contributed by atoms with Gasteiger partial charge < -0.3 is 0 Å². The minimum Gasteiger partial charge on any atom is -0.298 e. The number of thiophene rings is 1. The van der Waals surface area contributed by atoms with E-state index in [1.807, 2.05) is 48.0 Å². The van der Waals surface area contributed by atoms with E-state index in [9.17, 15) is 4.79 Å². The van der Waals surface area contributed by atoms with Crippen LogP contribution in [0.5, 0.6) is 0 Å². The van der Waals surface area contributed by atoms with E-state index < -0.39 is 0 Å². The van der Waals surface area contributed by atoms with Crippen LogP contribution in [0.25, 0.3) is 16.9 Å². The number of benzene rings is 1. The van der Waals surface area contributed by atoms with Gasteiger partial charge in [0.1, 0.15) is 5.69 Å². The molecule has 3 rings (SSSR count). The van der Waals surface area contributed by atoms with Gasteiger partial charge in [0.05, 0.1) is 11.3 Å². The van der Waals surface area contributed by atoms with E-state index in [2.05, 4.69) is 5.10 Å². The summed E-state index contributed by atoms with van der Waals surface area (Å²) in [4.78, 5) is 11.2. The maximum absolute atomic E-state index is 11.2. The molecule has 0 spiro atoms. The van der Waals surface area contributed by atoms with Gasteiger partial charge in [0, 0.05) is 17.1 Å². The Bertz CT molecular complexity index is 696. The second-order valence-electron chi connectivity index (χ2n) is 4.34. The van der Waals surface area contributed by atoms with Crippen molar-refractivity contribution in [1.29, 1.82) is 0 Å². The first-order valence-corrected chi connectivity index (χ1v) is 6.86. The summed E-state index contributed by atoms with van der Waals surface area (Å²) in [5.74, 6) is 0. The number of rotatable bonds is 3. The Kier molecular flexibility index (Phi) is 3.01. The van der Waals surface area contributed by atoms with Crippen LogP contribution in [0.3, 0.4) is 0 Å². The van der Waals surface area contributed by atoms with Gasteiger partial charge >= 0.3 is 0 Å². The molecule has 0 saturated carbocycles. The van der Waals surface area contributed by atoms with Crippen molar-refractivity contribution in [3.63, 3.8) is 0 Å². The zero-order valence-electron chi connectivity index (χ0n) is 10.4. The van der Waals surface area contributed by atoms with Crippen molar-refractivity contribution in [2.24, 2.45) is 0 Å². The van der Waals surface area contributed by atoms with Gasteiger partial charge in [-0.05, 0) is 30.5 Å². The fourth-order valence-electron chi connectivity index (χ4n) is 1.93. The van der Waals surface area contributed by atoms with E-state index in [1.54, 1.807) is 22.2 Å². The lowest BCUT2D eigenvalue weighted by Crippen LogP contribution is -1.94. The molecular formula is C15H12N2OS. The fraction of sp³-hybridized carbons (Fsp3) is 0.0667. The number of carbonyl (C=O) groups is 1. The lowest BCUT2D eigenvalue weighted by molar-refractivity contribution is 0.112. The van der Waals surface area contributed by atoms with E-state index in [0.717, 1.165) is 23.2 Å². The molecule has 0 atom stereocenters. The zero-order chi connectivity index (χ0) is 13.2. The number of aldehydes is 1. The third-order valence-electron chi connectivity index (χ3n) is 2.96. The number of aryl methyl sites for hydroxylation is 1. The standard InChI is InChI=1S/C15H12N2OS/c1-11-2-4-14(5-3-11)17-8-13(9-18)15(16-17)12-6-7-19-10-12/h2-10H,1H3. The van der Waals surface area contributed by atoms with Crippen LogP contribution in [0.15, 0.2) is 47.3 Å². The van der Waals surface area contributed by atoms with Gasteiger partial charge in [-0.3, -0.25) is 4.79 Å². The lowest BCUT2D eigenvalue weighted by atomic mass is 10.2. The smallest absolute Gasteiger partial charge is 0.153 e. The highest BCUT2D eigenvalue weighted by Crippen LogP contribution is 2.24. The largest absolute Gasteiger partial charge is 0.298 e. The first kappa shape index (κ1) is 11.9. The van der Waals surface area contributed by atoms with E-state index in [1.165, 1.54) is 5.56 Å². The molecular weight excluding hydrogens is 256 g/mol. The van der Waals surface area contributed by atoms with Crippen molar-refractivity contribution in [1.82, 2.24) is 9.78 Å². The molecule has 0 aliphatic carbocycles. The summed E-state index contributed by atoms with van der Waals surface area (Å²) in [5, 5.41) is 8.49. The number of hydrogen-bond acceptors (Lipinski definition) is 3. The third-order valence-corrected chi connectivity index (χ3v) is 3.65. The second kappa shape index (κ2) is 4.82. The maximum Gasteiger partial charge on any atom is 0.153 e. The van der Waals surface area contributed by atoms with Crippen molar-refractivity contribution in [2.45, 2.75) is 6.92 Å². The summed E-state index contributed by atoms with van der Waals surface area (Å²) in [6, 6.07) is 10.0. The van der Waals surface area contributed by atoms with E-state index >= 15 is 0 Å². The van der Waals surface area contributed by atoms with Gasteiger partial charge in [-0.15, -0.1) is 0 Å². The van der Waals surface area contributed by atoms with E-state index in [0.29, 0.717) is 5.56 Å². The van der Waals surface area contributed by atoms with Crippen LogP contribution in [0, 0.1) is 6.92 Å². The molecule has 0 aliphatic heterocycles. The number of hydrogen-bond donors (Lipinski definition) is 0. The van der Waals surface area contributed by atoms with Crippen LogP contribution in [-0.4, -0.2) is 16.1 Å². The summed E-state index contributed by atoms with van der Waals surface area (Å²) in [6.45, 7) is 2.04. The molecule has 3 aromatic rings. The Morgan fingerprint density at radius 1 is 1.21 bits per heavy atom. The number of aromatic nitrogens is 2. The average molecular weight is 268 g/mol. The van der Waals surface area contributed by atoms with Crippen LogP contribution >= 0.6 is 11.3 Å². The molecule has 3 nitrogen and oxygen atoms in total. The molecule has 0 fully saturated rings. The predicted molar refractivity (Wildman–Crippen MR) is 77.0 cm³/mol. The van der Waals surface area contributed by atoms with Crippen molar-refractivity contribution in [3.05, 3.63) is 58.4 Å². The van der Waals surface area contributed by atoms with Crippen LogP contribution in [0.2, 0.25) is 0 Å². The molecule has 19 heavy (non-hydrogen) atoms. The Morgan fingerprint density at radius 2 is 2.00 bits per heavy atom. The first-order chi connectivity index (χ1) is 9.28. The topological polar surface area (TPSA) is 34.9 Å². The van der Waals surface area contributed by atoms with Crippen molar-refractivity contribution in [3.8, 4) is 16.9 Å². The minimum atomic E-state index is 0.610. The SMILES string of the molecule is Cc1ccc(-n2cc(C=O)c(-c3ccsc3)n2)cc1. The number of carbonyl (C=O) groups excluding carboxylic acids is 1. The molecule has 0 bridgehead atoms. The molecule has 1 aromatic carbocycles. The van der Waals surface area contributed by atoms with Crippen LogP contribution in [0.4, 0.5) is 0 Å². The lowest BCUT2D eigenvalue weighted by Gasteiger charge is -2.01. The Hall–Kier alpha value is -2.20. The fourth-order valence-corrected chi connectivity index (χ4v) is 2.57. The Morgan fingerprint density at radius 3 is 2.63 bits per heavy atom. The molecule has 0 aliphatic rings. The third kappa shape index (κ3) is 2.22. The molecule has 0 N–H and O–H groups in total. The van der Waals surface area contributed by atoms with Gasteiger partial charge in [0.2, 0.25) is 0 Å². The van der Waals surface area contributed by atoms with Crippen LogP contribution < -0.4 is 0 Å². The minimum absolute atomic E-state index is 0.610. The highest BCUT2D eigenvalue weighted by Gasteiger charge is 2.11. The normalized spacial score (nSPS) is 10.6. The highest BCUT2D eigenvalue weighted by atomic mass is 32.1.